The van der Waals surface area contributed by atoms with Crippen molar-refractivity contribution in [3.8, 4) is 0 Å². The Labute approximate surface area is 212 Å². The minimum absolute atomic E-state index is 0.294. The quantitative estimate of drug-likeness (QED) is 0.290. The standard InChI is InChI=1S/C34H37N/c1-7-13-29(14-8-2)30-19-17-28(18-20-30)27(5)25-33(26(4)9-3)34(6,31-15-11-10-12-16-31)32-21-23-35-24-22-32/h7-8,10-25H,1,9H2,2-6H3/b14-8-,27-25+,29-13+,33-26-. The van der Waals surface area contributed by atoms with Gasteiger partial charge in [0.15, 0.2) is 0 Å². The van der Waals surface area contributed by atoms with Gasteiger partial charge < -0.3 is 0 Å². The Balaban J connectivity index is 2.14. The van der Waals surface area contributed by atoms with Gasteiger partial charge in [-0.3, -0.25) is 4.98 Å². The smallest absolute Gasteiger partial charge is 0.0423 e. The highest BCUT2D eigenvalue weighted by Gasteiger charge is 2.33. The van der Waals surface area contributed by atoms with Crippen LogP contribution < -0.4 is 0 Å². The van der Waals surface area contributed by atoms with Crippen molar-refractivity contribution >= 4 is 11.1 Å². The molecule has 1 unspecified atom stereocenters. The van der Waals surface area contributed by atoms with Crippen molar-refractivity contribution in [2.75, 3.05) is 0 Å². The van der Waals surface area contributed by atoms with Gasteiger partial charge in [-0.1, -0.05) is 104 Å². The molecule has 0 amide bonds. The van der Waals surface area contributed by atoms with E-state index in [1.165, 1.54) is 39.0 Å². The van der Waals surface area contributed by atoms with Gasteiger partial charge in [0.1, 0.15) is 0 Å². The highest BCUT2D eigenvalue weighted by molar-refractivity contribution is 5.77. The van der Waals surface area contributed by atoms with Crippen LogP contribution in [-0.4, -0.2) is 4.98 Å². The minimum Gasteiger partial charge on any atom is -0.265 e. The Morgan fingerprint density at radius 3 is 2.06 bits per heavy atom. The first-order valence-electron chi connectivity index (χ1n) is 12.4. The molecule has 0 N–H and O–H groups in total. The number of rotatable bonds is 9. The third-order valence-corrected chi connectivity index (χ3v) is 6.82. The van der Waals surface area contributed by atoms with Crippen molar-refractivity contribution in [1.29, 1.82) is 0 Å². The minimum atomic E-state index is -0.294. The molecule has 3 rings (SSSR count). The first kappa shape index (κ1) is 25.9. The lowest BCUT2D eigenvalue weighted by molar-refractivity contribution is 0.677. The van der Waals surface area contributed by atoms with E-state index >= 15 is 0 Å². The van der Waals surface area contributed by atoms with Crippen molar-refractivity contribution in [3.05, 3.63) is 149 Å². The third-order valence-electron chi connectivity index (χ3n) is 6.82. The number of hydrogen-bond acceptors (Lipinski definition) is 1. The highest BCUT2D eigenvalue weighted by Crippen LogP contribution is 2.42. The summed E-state index contributed by atoms with van der Waals surface area (Å²) in [5, 5.41) is 0. The molecule has 1 nitrogen and oxygen atoms in total. The van der Waals surface area contributed by atoms with Crippen LogP contribution in [0, 0.1) is 0 Å². The molecule has 2 aromatic carbocycles. The largest absolute Gasteiger partial charge is 0.265 e. The lowest BCUT2D eigenvalue weighted by Gasteiger charge is -2.34. The third kappa shape index (κ3) is 5.87. The van der Waals surface area contributed by atoms with E-state index in [1.807, 2.05) is 31.5 Å². The zero-order valence-corrected chi connectivity index (χ0v) is 21.8. The van der Waals surface area contributed by atoms with E-state index in [4.69, 9.17) is 0 Å². The van der Waals surface area contributed by atoms with Gasteiger partial charge in [0.2, 0.25) is 0 Å². The van der Waals surface area contributed by atoms with Crippen LogP contribution >= 0.6 is 0 Å². The molecule has 1 heterocycles. The summed E-state index contributed by atoms with van der Waals surface area (Å²) in [5.74, 6) is 0. The normalized spacial score (nSPS) is 15.0. The SMILES string of the molecule is C=C/C=C(\C=C/C)c1ccc(/C(C)=C/C(=C(\C)CC)C(C)(c2ccccc2)c2ccncc2)cc1. The molecule has 1 atom stereocenters. The number of hydrogen-bond donors (Lipinski definition) is 0. The molecule has 0 fully saturated rings. The van der Waals surface area contributed by atoms with Crippen LogP contribution in [0.2, 0.25) is 0 Å². The predicted molar refractivity (Wildman–Crippen MR) is 153 cm³/mol. The molecule has 0 aliphatic heterocycles. The van der Waals surface area contributed by atoms with Crippen LogP contribution in [0.25, 0.3) is 11.1 Å². The molecule has 0 spiro atoms. The molecule has 178 valence electrons. The molecule has 3 aromatic rings. The van der Waals surface area contributed by atoms with Crippen molar-refractivity contribution in [2.24, 2.45) is 0 Å². The van der Waals surface area contributed by atoms with Gasteiger partial charge in [0, 0.05) is 17.8 Å². The van der Waals surface area contributed by atoms with Gasteiger partial charge >= 0.3 is 0 Å². The number of pyridine rings is 1. The Bertz CT molecular complexity index is 1200. The zero-order valence-electron chi connectivity index (χ0n) is 21.8. The van der Waals surface area contributed by atoms with Crippen molar-refractivity contribution in [2.45, 2.75) is 46.5 Å². The van der Waals surface area contributed by atoms with Gasteiger partial charge in [-0.2, -0.15) is 0 Å². The predicted octanol–water partition coefficient (Wildman–Crippen LogP) is 9.36. The first-order chi connectivity index (χ1) is 16.9. The maximum Gasteiger partial charge on any atom is 0.0423 e. The molecule has 35 heavy (non-hydrogen) atoms. The molecule has 0 saturated heterocycles. The fraction of sp³-hybridized carbons (Fsp3) is 0.206. The molecule has 0 radical (unpaired) electrons. The second kappa shape index (κ2) is 12.1. The number of aromatic nitrogens is 1. The number of allylic oxidation sites excluding steroid dienone is 9. The highest BCUT2D eigenvalue weighted by atomic mass is 14.6. The molecule has 0 bridgehead atoms. The van der Waals surface area contributed by atoms with Gasteiger partial charge in [0.25, 0.3) is 0 Å². The van der Waals surface area contributed by atoms with E-state index in [0.29, 0.717) is 0 Å². The molecule has 1 aromatic heterocycles. The van der Waals surface area contributed by atoms with Crippen molar-refractivity contribution in [1.82, 2.24) is 4.98 Å². The summed E-state index contributed by atoms with van der Waals surface area (Å²) in [7, 11) is 0. The fourth-order valence-corrected chi connectivity index (χ4v) is 4.60. The summed E-state index contributed by atoms with van der Waals surface area (Å²) in [6.07, 6.45) is 15.2. The van der Waals surface area contributed by atoms with Crippen LogP contribution in [0.3, 0.4) is 0 Å². The van der Waals surface area contributed by atoms with Gasteiger partial charge in [-0.05, 0) is 85.2 Å². The van der Waals surface area contributed by atoms with E-state index in [1.54, 1.807) is 0 Å². The summed E-state index contributed by atoms with van der Waals surface area (Å²) in [6.45, 7) is 14.9. The van der Waals surface area contributed by atoms with Gasteiger partial charge in [-0.15, -0.1) is 0 Å². The Kier molecular flexibility index (Phi) is 8.98. The second-order valence-electron chi connectivity index (χ2n) is 9.04. The first-order valence-corrected chi connectivity index (χ1v) is 12.4. The monoisotopic (exact) mass is 459 g/mol. The van der Waals surface area contributed by atoms with Crippen LogP contribution in [0.4, 0.5) is 0 Å². The molecule has 0 aliphatic rings. The van der Waals surface area contributed by atoms with E-state index in [9.17, 15) is 0 Å². The maximum atomic E-state index is 4.29. The summed E-state index contributed by atoms with van der Waals surface area (Å²) >= 11 is 0. The molecule has 0 aliphatic carbocycles. The summed E-state index contributed by atoms with van der Waals surface area (Å²) in [6, 6.07) is 23.9. The van der Waals surface area contributed by atoms with Crippen molar-refractivity contribution in [3.63, 3.8) is 0 Å². The summed E-state index contributed by atoms with van der Waals surface area (Å²) in [4.78, 5) is 4.29. The van der Waals surface area contributed by atoms with Crippen molar-refractivity contribution < 1.29 is 0 Å². The maximum absolute atomic E-state index is 4.29. The summed E-state index contributed by atoms with van der Waals surface area (Å²) in [5.41, 5.74) is 9.75. The zero-order chi connectivity index (χ0) is 25.3. The lowest BCUT2D eigenvalue weighted by Crippen LogP contribution is -2.27. The van der Waals surface area contributed by atoms with E-state index in [2.05, 4.69) is 124 Å². The Morgan fingerprint density at radius 1 is 0.886 bits per heavy atom. The fourth-order valence-electron chi connectivity index (χ4n) is 4.60. The topological polar surface area (TPSA) is 12.9 Å². The van der Waals surface area contributed by atoms with Crippen LogP contribution in [0.5, 0.6) is 0 Å². The van der Waals surface area contributed by atoms with Crippen LogP contribution in [-0.2, 0) is 5.41 Å². The molecular formula is C34H37N. The number of nitrogens with zero attached hydrogens (tertiary/aromatic N) is 1. The average molecular weight is 460 g/mol. The van der Waals surface area contributed by atoms with E-state index in [0.717, 1.165) is 12.0 Å². The average Bonchev–Trinajstić information content (AvgIpc) is 2.91. The Morgan fingerprint density at radius 2 is 1.49 bits per heavy atom. The van der Waals surface area contributed by atoms with Gasteiger partial charge in [-0.25, -0.2) is 0 Å². The van der Waals surface area contributed by atoms with E-state index in [-0.39, 0.29) is 5.41 Å². The lowest BCUT2D eigenvalue weighted by atomic mass is 9.68. The summed E-state index contributed by atoms with van der Waals surface area (Å²) < 4.78 is 0. The van der Waals surface area contributed by atoms with E-state index < -0.39 is 0 Å². The van der Waals surface area contributed by atoms with Crippen LogP contribution in [0.1, 0.15) is 63.3 Å². The number of benzene rings is 2. The molecular weight excluding hydrogens is 422 g/mol. The van der Waals surface area contributed by atoms with Crippen LogP contribution in [0.15, 0.2) is 127 Å². The van der Waals surface area contributed by atoms with Gasteiger partial charge in [0.05, 0.1) is 0 Å². The Hall–Kier alpha value is -3.71. The molecule has 1 heteroatoms. The molecule has 0 saturated carbocycles. The second-order valence-corrected chi connectivity index (χ2v) is 9.04.